The zero-order chi connectivity index (χ0) is 19.6. The van der Waals surface area contributed by atoms with Crippen molar-refractivity contribution < 1.29 is 19.7 Å². The average Bonchev–Trinajstić information content (AvgIpc) is 2.88. The molecule has 0 spiro atoms. The van der Waals surface area contributed by atoms with E-state index >= 15 is 0 Å². The molecular weight excluding hydrogens is 340 g/mol. The average molecular weight is 373 g/mol. The molecule has 27 heavy (non-hydrogen) atoms. The number of hydrogen-bond donors (Lipinski definition) is 2. The van der Waals surface area contributed by atoms with Gasteiger partial charge in [0, 0.05) is 24.7 Å². The summed E-state index contributed by atoms with van der Waals surface area (Å²) in [4.78, 5) is 11.9. The molecule has 8 atom stereocenters. The molecule has 0 aromatic rings. The third kappa shape index (κ3) is 2.54. The van der Waals surface area contributed by atoms with E-state index < -0.39 is 11.7 Å². The first kappa shape index (κ1) is 19.0. The molecule has 0 heterocycles. The van der Waals surface area contributed by atoms with E-state index in [9.17, 15) is 15.0 Å². The molecule has 0 aliphatic heterocycles. The number of terminal acetylenes is 1. The molecule has 3 fully saturated rings. The van der Waals surface area contributed by atoms with Crippen molar-refractivity contribution >= 4 is 5.97 Å². The number of fused-ring (bicyclic) bond motifs is 5. The summed E-state index contributed by atoms with van der Waals surface area (Å²) in [6, 6.07) is 0. The van der Waals surface area contributed by atoms with Crippen LogP contribution in [0.15, 0.2) is 11.6 Å². The molecule has 0 radical (unpaired) electrons. The van der Waals surface area contributed by atoms with Crippen LogP contribution in [0.3, 0.4) is 0 Å². The Hall–Kier alpha value is -1.31. The summed E-state index contributed by atoms with van der Waals surface area (Å²) in [5.74, 6) is 3.32. The van der Waals surface area contributed by atoms with Crippen LogP contribution in [-0.2, 0) is 9.53 Å². The Labute approximate surface area is 162 Å². The number of aliphatic hydroxyl groups excluding tert-OH is 1. The smallest absolute Gasteiger partial charge is 0.302 e. The Balaban J connectivity index is 1.77. The maximum Gasteiger partial charge on any atom is 0.302 e. The van der Waals surface area contributed by atoms with Gasteiger partial charge in [-0.05, 0) is 55.8 Å². The minimum atomic E-state index is -1.07. The van der Waals surface area contributed by atoms with Crippen molar-refractivity contribution in [2.45, 2.75) is 83.5 Å². The lowest BCUT2D eigenvalue weighted by molar-refractivity contribution is -0.171. The largest absolute Gasteiger partial charge is 0.462 e. The molecule has 4 aliphatic carbocycles. The monoisotopic (exact) mass is 372 g/mol. The van der Waals surface area contributed by atoms with Gasteiger partial charge in [0.2, 0.25) is 0 Å². The van der Waals surface area contributed by atoms with E-state index in [1.54, 1.807) is 0 Å². The summed E-state index contributed by atoms with van der Waals surface area (Å²) in [6.45, 7) is 5.95. The second-order valence-corrected chi connectivity index (χ2v) is 9.86. The van der Waals surface area contributed by atoms with Crippen molar-refractivity contribution in [3.63, 3.8) is 0 Å². The normalized spacial score (nSPS) is 51.3. The number of hydrogen-bond acceptors (Lipinski definition) is 4. The standard InChI is InChI=1S/C23H32O4/c1-5-23(26)11-8-18-20-17(7-10-22(18,23)4)21(3)9-6-16(25)12-15(21)13-19(20)27-14(2)24/h1,12,16-20,25-26H,6-11,13H2,2-4H3/t16-,17-,18-,19-,20+,21-,22-,23-/m0/s1. The number of esters is 1. The Morgan fingerprint density at radius 1 is 1.22 bits per heavy atom. The van der Waals surface area contributed by atoms with Gasteiger partial charge in [-0.25, -0.2) is 0 Å². The molecule has 4 rings (SSSR count). The first-order valence-corrected chi connectivity index (χ1v) is 10.4. The molecule has 0 unspecified atom stereocenters. The SMILES string of the molecule is C#C[C@]1(O)CC[C@H]2[C@@H]3[C@@H](OC(C)=O)CC4=C[C@@H](O)CC[C@]4(C)[C@H]3CC[C@@]21C. The summed E-state index contributed by atoms with van der Waals surface area (Å²) in [7, 11) is 0. The van der Waals surface area contributed by atoms with Crippen LogP contribution in [0, 0.1) is 40.9 Å². The Morgan fingerprint density at radius 3 is 2.59 bits per heavy atom. The molecule has 0 saturated heterocycles. The number of rotatable bonds is 1. The highest BCUT2D eigenvalue weighted by atomic mass is 16.5. The van der Waals surface area contributed by atoms with Gasteiger partial charge in [0.25, 0.3) is 0 Å². The molecule has 148 valence electrons. The Morgan fingerprint density at radius 2 is 1.93 bits per heavy atom. The first-order valence-electron chi connectivity index (χ1n) is 10.4. The van der Waals surface area contributed by atoms with Crippen LogP contribution in [-0.4, -0.2) is 34.0 Å². The summed E-state index contributed by atoms with van der Waals surface area (Å²) < 4.78 is 5.85. The highest BCUT2D eigenvalue weighted by Crippen LogP contribution is 2.67. The minimum Gasteiger partial charge on any atom is -0.462 e. The molecule has 0 aromatic carbocycles. The van der Waals surface area contributed by atoms with Crippen molar-refractivity contribution in [1.82, 2.24) is 0 Å². The molecule has 3 saturated carbocycles. The lowest BCUT2D eigenvalue weighted by Crippen LogP contribution is -2.58. The molecule has 4 nitrogen and oxygen atoms in total. The van der Waals surface area contributed by atoms with Crippen LogP contribution in [0.1, 0.15) is 65.7 Å². The molecule has 0 aromatic heterocycles. The Bertz CT molecular complexity index is 720. The first-order chi connectivity index (χ1) is 12.6. The van der Waals surface area contributed by atoms with Crippen molar-refractivity contribution in [3.05, 3.63) is 11.6 Å². The second-order valence-electron chi connectivity index (χ2n) is 9.86. The fourth-order valence-electron chi connectivity index (χ4n) is 7.24. The summed E-state index contributed by atoms with van der Waals surface area (Å²) in [6.07, 6.45) is 13.0. The zero-order valence-electron chi connectivity index (χ0n) is 16.7. The van der Waals surface area contributed by atoms with Gasteiger partial charge in [0.15, 0.2) is 0 Å². The molecule has 0 amide bonds. The van der Waals surface area contributed by atoms with Gasteiger partial charge >= 0.3 is 5.97 Å². The quantitative estimate of drug-likeness (QED) is 0.421. The fourth-order valence-corrected chi connectivity index (χ4v) is 7.24. The van der Waals surface area contributed by atoms with Gasteiger partial charge in [0.1, 0.15) is 11.7 Å². The highest BCUT2D eigenvalue weighted by Gasteiger charge is 2.66. The summed E-state index contributed by atoms with van der Waals surface area (Å²) in [5.41, 5.74) is -0.0998. The molecule has 4 aliphatic rings. The summed E-state index contributed by atoms with van der Waals surface area (Å²) in [5, 5.41) is 21.3. The lowest BCUT2D eigenvalue weighted by atomic mass is 9.45. The Kier molecular flexibility index (Phi) is 4.29. The zero-order valence-corrected chi connectivity index (χ0v) is 16.7. The van der Waals surface area contributed by atoms with E-state index in [1.807, 2.05) is 6.08 Å². The van der Waals surface area contributed by atoms with Gasteiger partial charge in [-0.2, -0.15) is 0 Å². The maximum absolute atomic E-state index is 11.9. The second kappa shape index (κ2) is 6.09. The van der Waals surface area contributed by atoms with Crippen LogP contribution < -0.4 is 0 Å². The van der Waals surface area contributed by atoms with E-state index in [0.29, 0.717) is 18.8 Å². The number of aliphatic hydroxyl groups is 2. The number of carbonyl (C=O) groups excluding carboxylic acids is 1. The van der Waals surface area contributed by atoms with Gasteiger partial charge < -0.3 is 14.9 Å². The third-order valence-electron chi connectivity index (χ3n) is 8.80. The van der Waals surface area contributed by atoms with E-state index in [-0.39, 0.29) is 34.7 Å². The number of ether oxygens (including phenoxy) is 1. The lowest BCUT2D eigenvalue weighted by Gasteiger charge is -2.60. The van der Waals surface area contributed by atoms with Gasteiger partial charge in [-0.3, -0.25) is 4.79 Å². The van der Waals surface area contributed by atoms with Crippen molar-refractivity contribution in [2.24, 2.45) is 28.6 Å². The third-order valence-corrected chi connectivity index (χ3v) is 8.80. The van der Waals surface area contributed by atoms with Crippen LogP contribution in [0.25, 0.3) is 0 Å². The van der Waals surface area contributed by atoms with Crippen molar-refractivity contribution in [1.29, 1.82) is 0 Å². The van der Waals surface area contributed by atoms with E-state index in [0.717, 1.165) is 32.1 Å². The number of carbonyl (C=O) groups is 1. The van der Waals surface area contributed by atoms with Gasteiger partial charge in [-0.1, -0.05) is 31.4 Å². The van der Waals surface area contributed by atoms with E-state index in [2.05, 4.69) is 19.8 Å². The van der Waals surface area contributed by atoms with Crippen molar-refractivity contribution in [2.75, 3.05) is 0 Å². The molecule has 2 N–H and O–H groups in total. The van der Waals surface area contributed by atoms with Gasteiger partial charge in [-0.15, -0.1) is 6.42 Å². The molecule has 0 bridgehead atoms. The fraction of sp³-hybridized carbons (Fsp3) is 0.783. The topological polar surface area (TPSA) is 66.8 Å². The van der Waals surface area contributed by atoms with Crippen LogP contribution in [0.2, 0.25) is 0 Å². The van der Waals surface area contributed by atoms with Crippen molar-refractivity contribution in [3.8, 4) is 12.3 Å². The van der Waals surface area contributed by atoms with E-state index in [4.69, 9.17) is 11.2 Å². The predicted octanol–water partition coefficient (Wildman–Crippen LogP) is 3.22. The highest BCUT2D eigenvalue weighted by molar-refractivity contribution is 5.66. The van der Waals surface area contributed by atoms with Crippen LogP contribution in [0.5, 0.6) is 0 Å². The van der Waals surface area contributed by atoms with Crippen LogP contribution >= 0.6 is 0 Å². The predicted molar refractivity (Wildman–Crippen MR) is 102 cm³/mol. The van der Waals surface area contributed by atoms with E-state index in [1.165, 1.54) is 12.5 Å². The van der Waals surface area contributed by atoms with Crippen LogP contribution in [0.4, 0.5) is 0 Å². The minimum absolute atomic E-state index is 0.0404. The van der Waals surface area contributed by atoms with Gasteiger partial charge in [0.05, 0.1) is 6.10 Å². The maximum atomic E-state index is 11.9. The molecular formula is C23H32O4. The molecule has 4 heteroatoms. The summed E-state index contributed by atoms with van der Waals surface area (Å²) >= 11 is 0.